The van der Waals surface area contributed by atoms with Gasteiger partial charge in [0.2, 0.25) is 0 Å². The molecule has 0 bridgehead atoms. The van der Waals surface area contributed by atoms with Crippen LogP contribution in [0.4, 0.5) is 4.79 Å². The van der Waals surface area contributed by atoms with Crippen LogP contribution in [-0.2, 0) is 10.2 Å². The quantitative estimate of drug-likeness (QED) is 0.722. The zero-order chi connectivity index (χ0) is 21.4. The number of benzene rings is 2. The Morgan fingerprint density at radius 2 is 1.67 bits per heavy atom. The second-order valence-electron chi connectivity index (χ2n) is 7.66. The van der Waals surface area contributed by atoms with Crippen molar-refractivity contribution in [2.24, 2.45) is 0 Å². The van der Waals surface area contributed by atoms with Gasteiger partial charge in [-0.3, -0.25) is 4.79 Å². The number of amides is 2. The first-order chi connectivity index (χ1) is 14.6. The molecule has 6 heteroatoms. The molecule has 1 fully saturated rings. The second kappa shape index (κ2) is 10.1. The topological polar surface area (TPSA) is 76.7 Å². The average molecular weight is 411 g/mol. The van der Waals surface area contributed by atoms with E-state index in [1.54, 1.807) is 19.2 Å². The Kier molecular flexibility index (Phi) is 7.33. The lowest BCUT2D eigenvalue weighted by Gasteiger charge is -2.40. The van der Waals surface area contributed by atoms with Crippen molar-refractivity contribution in [2.45, 2.75) is 44.1 Å². The fourth-order valence-corrected chi connectivity index (χ4v) is 4.14. The number of para-hydroxylation sites is 1. The molecule has 0 spiro atoms. The molecular formula is C24H30N2O4. The lowest BCUT2D eigenvalue weighted by atomic mass is 9.68. The lowest BCUT2D eigenvalue weighted by molar-refractivity contribution is 0.0568. The molecule has 2 aromatic rings. The highest BCUT2D eigenvalue weighted by atomic mass is 16.6. The third kappa shape index (κ3) is 5.12. The summed E-state index contributed by atoms with van der Waals surface area (Å²) in [6.07, 6.45) is 2.71. The van der Waals surface area contributed by atoms with Crippen LogP contribution < -0.4 is 15.4 Å². The van der Waals surface area contributed by atoms with Gasteiger partial charge < -0.3 is 20.1 Å². The molecule has 0 atom stereocenters. The van der Waals surface area contributed by atoms with E-state index in [1.807, 2.05) is 37.3 Å². The van der Waals surface area contributed by atoms with Crippen LogP contribution in [0.2, 0.25) is 0 Å². The minimum Gasteiger partial charge on any atom is -0.496 e. The molecule has 6 nitrogen and oxygen atoms in total. The lowest BCUT2D eigenvalue weighted by Crippen LogP contribution is -2.45. The smallest absolute Gasteiger partial charge is 0.407 e. The molecule has 0 aliphatic heterocycles. The zero-order valence-electron chi connectivity index (χ0n) is 17.6. The summed E-state index contributed by atoms with van der Waals surface area (Å²) in [6, 6.07) is 17.5. The molecule has 1 aliphatic carbocycles. The first-order valence-electron chi connectivity index (χ1n) is 10.5. The van der Waals surface area contributed by atoms with Crippen LogP contribution in [0.5, 0.6) is 5.75 Å². The van der Waals surface area contributed by atoms with Gasteiger partial charge in [0.25, 0.3) is 5.91 Å². The monoisotopic (exact) mass is 410 g/mol. The first-order valence-corrected chi connectivity index (χ1v) is 10.5. The Balaban J connectivity index is 1.71. The molecule has 160 valence electrons. The summed E-state index contributed by atoms with van der Waals surface area (Å²) in [5.74, 6) is 0.409. The molecule has 2 aromatic carbocycles. The molecule has 2 N–H and O–H groups in total. The van der Waals surface area contributed by atoms with E-state index >= 15 is 0 Å². The molecule has 0 aromatic heterocycles. The zero-order valence-corrected chi connectivity index (χ0v) is 17.6. The number of alkyl carbamates (subject to hydrolysis) is 1. The summed E-state index contributed by atoms with van der Waals surface area (Å²) in [5.41, 5.74) is 1.53. The maximum Gasteiger partial charge on any atom is 0.407 e. The van der Waals surface area contributed by atoms with Crippen molar-refractivity contribution >= 4 is 12.0 Å². The number of carbonyl (C=O) groups excluding carboxylic acids is 2. The number of nitrogens with one attached hydrogen (secondary N) is 2. The van der Waals surface area contributed by atoms with Crippen LogP contribution in [-0.4, -0.2) is 38.3 Å². The Bertz CT molecular complexity index is 845. The molecule has 0 unspecified atom stereocenters. The van der Waals surface area contributed by atoms with Crippen molar-refractivity contribution in [2.75, 3.05) is 20.2 Å². The Labute approximate surface area is 178 Å². The third-order valence-electron chi connectivity index (χ3n) is 5.81. The molecule has 0 heterocycles. The molecule has 0 radical (unpaired) electrons. The largest absolute Gasteiger partial charge is 0.496 e. The van der Waals surface area contributed by atoms with Gasteiger partial charge in [0.05, 0.1) is 12.7 Å². The van der Waals surface area contributed by atoms with Crippen LogP contribution in [0.15, 0.2) is 54.6 Å². The minimum atomic E-state index is -0.362. The van der Waals surface area contributed by atoms with Crippen LogP contribution in [0.3, 0.4) is 0 Å². The summed E-state index contributed by atoms with van der Waals surface area (Å²) >= 11 is 0. The van der Waals surface area contributed by atoms with Crippen molar-refractivity contribution in [3.05, 3.63) is 65.7 Å². The standard InChI is InChI=1S/C24H30N2O4/c1-3-25-23(28)30-19-13-15-24(16-14-19,18-9-5-4-6-10-18)17-26-22(27)20-11-7-8-12-21(20)29-2/h4-12,19H,3,13-17H2,1-2H3,(H,25,28)(H,26,27). The molecule has 30 heavy (non-hydrogen) atoms. The van der Waals surface area contributed by atoms with Gasteiger partial charge in [-0.1, -0.05) is 42.5 Å². The number of hydrogen-bond acceptors (Lipinski definition) is 4. The minimum absolute atomic E-state index is 0.0988. The summed E-state index contributed by atoms with van der Waals surface area (Å²) < 4.78 is 10.9. The van der Waals surface area contributed by atoms with Gasteiger partial charge in [-0.2, -0.15) is 0 Å². The van der Waals surface area contributed by atoms with E-state index < -0.39 is 0 Å². The summed E-state index contributed by atoms with van der Waals surface area (Å²) in [7, 11) is 1.56. The van der Waals surface area contributed by atoms with Crippen LogP contribution >= 0.6 is 0 Å². The third-order valence-corrected chi connectivity index (χ3v) is 5.81. The highest BCUT2D eigenvalue weighted by Crippen LogP contribution is 2.40. The maximum atomic E-state index is 12.9. The Morgan fingerprint density at radius 1 is 1.00 bits per heavy atom. The fourth-order valence-electron chi connectivity index (χ4n) is 4.14. The van der Waals surface area contributed by atoms with Crippen molar-refractivity contribution < 1.29 is 19.1 Å². The van der Waals surface area contributed by atoms with E-state index in [4.69, 9.17) is 9.47 Å². The molecule has 2 amide bonds. The summed E-state index contributed by atoms with van der Waals surface area (Å²) in [5, 5.41) is 5.80. The van der Waals surface area contributed by atoms with E-state index in [-0.39, 0.29) is 23.5 Å². The SMILES string of the molecule is CCNC(=O)OC1CCC(CNC(=O)c2ccccc2OC)(c2ccccc2)CC1. The molecule has 1 aliphatic rings. The van der Waals surface area contributed by atoms with E-state index in [2.05, 4.69) is 22.8 Å². The summed E-state index contributed by atoms with van der Waals surface area (Å²) in [6.45, 7) is 2.93. The number of rotatable bonds is 7. The molecular weight excluding hydrogens is 380 g/mol. The molecule has 1 saturated carbocycles. The van der Waals surface area contributed by atoms with Gasteiger partial charge in [0, 0.05) is 18.5 Å². The van der Waals surface area contributed by atoms with Crippen LogP contribution in [0.1, 0.15) is 48.5 Å². The van der Waals surface area contributed by atoms with Gasteiger partial charge in [-0.05, 0) is 50.3 Å². The fraction of sp³-hybridized carbons (Fsp3) is 0.417. The van der Waals surface area contributed by atoms with Crippen molar-refractivity contribution in [3.8, 4) is 5.75 Å². The van der Waals surface area contributed by atoms with E-state index in [9.17, 15) is 9.59 Å². The van der Waals surface area contributed by atoms with Gasteiger partial charge >= 0.3 is 6.09 Å². The normalized spacial score (nSPS) is 20.8. The highest BCUT2D eigenvalue weighted by Gasteiger charge is 2.38. The molecule has 3 rings (SSSR count). The average Bonchev–Trinajstić information content (AvgIpc) is 2.79. The Morgan fingerprint density at radius 3 is 2.33 bits per heavy atom. The van der Waals surface area contributed by atoms with Gasteiger partial charge in [-0.25, -0.2) is 4.79 Å². The van der Waals surface area contributed by atoms with E-state index in [1.165, 1.54) is 5.56 Å². The highest BCUT2D eigenvalue weighted by molar-refractivity contribution is 5.96. The van der Waals surface area contributed by atoms with Gasteiger partial charge in [-0.15, -0.1) is 0 Å². The second-order valence-corrected chi connectivity index (χ2v) is 7.66. The molecule has 0 saturated heterocycles. The van der Waals surface area contributed by atoms with E-state index in [0.29, 0.717) is 24.4 Å². The van der Waals surface area contributed by atoms with Gasteiger partial charge in [0.1, 0.15) is 11.9 Å². The van der Waals surface area contributed by atoms with Crippen LogP contribution in [0.25, 0.3) is 0 Å². The van der Waals surface area contributed by atoms with E-state index in [0.717, 1.165) is 25.7 Å². The van der Waals surface area contributed by atoms with Crippen LogP contribution in [0, 0.1) is 0 Å². The number of ether oxygens (including phenoxy) is 2. The predicted octanol–water partition coefficient (Wildman–Crippen LogP) is 4.05. The number of carbonyl (C=O) groups is 2. The maximum absolute atomic E-state index is 12.9. The van der Waals surface area contributed by atoms with Crippen molar-refractivity contribution in [1.29, 1.82) is 0 Å². The Hall–Kier alpha value is -3.02. The van der Waals surface area contributed by atoms with Crippen molar-refractivity contribution in [3.63, 3.8) is 0 Å². The summed E-state index contributed by atoms with van der Waals surface area (Å²) in [4.78, 5) is 24.6. The predicted molar refractivity (Wildman–Crippen MR) is 116 cm³/mol. The number of hydrogen-bond donors (Lipinski definition) is 2. The first kappa shape index (κ1) is 21.7. The van der Waals surface area contributed by atoms with Gasteiger partial charge in [0.15, 0.2) is 0 Å². The number of methoxy groups -OCH3 is 1. The van der Waals surface area contributed by atoms with Crippen molar-refractivity contribution in [1.82, 2.24) is 10.6 Å².